The van der Waals surface area contributed by atoms with Crippen molar-refractivity contribution in [2.24, 2.45) is 0 Å². The Hall–Kier alpha value is -4.17. The predicted octanol–water partition coefficient (Wildman–Crippen LogP) is 0.750. The van der Waals surface area contributed by atoms with Crippen LogP contribution < -0.4 is 19.1 Å². The van der Waals surface area contributed by atoms with Gasteiger partial charge in [0, 0.05) is 61.2 Å². The smallest absolute Gasteiger partial charge is 0.211 e. The van der Waals surface area contributed by atoms with Crippen LogP contribution in [0.5, 0.6) is 17.4 Å². The molecule has 1 fully saturated rings. The molecular weight excluding hydrogens is 517 g/mol. The topological polar surface area (TPSA) is 118 Å². The fourth-order valence-electron chi connectivity index (χ4n) is 4.65. The van der Waals surface area contributed by atoms with Crippen LogP contribution in [0.3, 0.4) is 0 Å². The fraction of sp³-hybridized carbons (Fsp3) is 0.357. The van der Waals surface area contributed by atoms with Gasteiger partial charge in [0.2, 0.25) is 5.88 Å². The number of aliphatic hydroxyl groups is 1. The molecule has 5 heterocycles. The highest BCUT2D eigenvalue weighted by atomic mass is 16.5. The lowest BCUT2D eigenvalue weighted by Gasteiger charge is -2.33. The molecule has 5 rings (SSSR count). The van der Waals surface area contributed by atoms with Crippen molar-refractivity contribution in [2.45, 2.75) is 43.7 Å². The van der Waals surface area contributed by atoms with Crippen LogP contribution in [0.4, 0.5) is 5.82 Å². The highest BCUT2D eigenvalue weighted by Gasteiger charge is 2.23. The molecule has 1 aliphatic rings. The molecule has 4 aromatic heterocycles. The summed E-state index contributed by atoms with van der Waals surface area (Å²) in [5.74, 6) is 2.76. The molecule has 13 heteroatoms. The van der Waals surface area contributed by atoms with Crippen LogP contribution in [0, 0.1) is 11.3 Å². The molecule has 208 valence electrons. The maximum absolute atomic E-state index is 10.1. The van der Waals surface area contributed by atoms with Crippen LogP contribution in [-0.2, 0) is 0 Å². The average Bonchev–Trinajstić information content (AvgIpc) is 3.35. The Bertz CT molecular complexity index is 1540. The molecule has 0 spiro atoms. The Balaban J connectivity index is 1.25. The van der Waals surface area contributed by atoms with Gasteiger partial charge in [-0.3, -0.25) is 4.40 Å². The second-order valence-electron chi connectivity index (χ2n) is 11.9. The molecular formula is C28H33B3N6O4. The fourth-order valence-corrected chi connectivity index (χ4v) is 4.65. The molecule has 1 saturated heterocycles. The number of nitriles is 1. The molecule has 41 heavy (non-hydrogen) atoms. The van der Waals surface area contributed by atoms with Gasteiger partial charge in [-0.05, 0) is 32.0 Å². The van der Waals surface area contributed by atoms with Crippen molar-refractivity contribution in [1.29, 1.82) is 5.26 Å². The lowest BCUT2D eigenvalue weighted by molar-refractivity contribution is 0.0285. The number of fused-ring (bicyclic) bond motifs is 1. The van der Waals surface area contributed by atoms with E-state index in [-0.39, 0.29) is 18.0 Å². The van der Waals surface area contributed by atoms with E-state index in [0.717, 1.165) is 48.8 Å². The molecule has 4 aromatic rings. The van der Waals surface area contributed by atoms with Crippen molar-refractivity contribution >= 4 is 35.0 Å². The van der Waals surface area contributed by atoms with E-state index in [2.05, 4.69) is 20.9 Å². The molecule has 1 N–H and O–H groups in total. The van der Waals surface area contributed by atoms with E-state index < -0.39 is 5.60 Å². The summed E-state index contributed by atoms with van der Waals surface area (Å²) in [6.07, 6.45) is 6.90. The minimum absolute atomic E-state index is 0.104. The van der Waals surface area contributed by atoms with E-state index in [1.807, 2.05) is 53.9 Å². The molecule has 0 aromatic carbocycles. The van der Waals surface area contributed by atoms with Gasteiger partial charge in [0.15, 0.2) is 0 Å². The summed E-state index contributed by atoms with van der Waals surface area (Å²) in [6, 6.07) is 13.5. The summed E-state index contributed by atoms with van der Waals surface area (Å²) in [5, 5.41) is 19.4. The summed E-state index contributed by atoms with van der Waals surface area (Å²) in [5.41, 5.74) is 1.58. The minimum atomic E-state index is -0.982. The maximum Gasteiger partial charge on any atom is 0.211 e. The molecule has 0 radical (unpaired) electrons. The Morgan fingerprint density at radius 2 is 1.78 bits per heavy atom. The van der Waals surface area contributed by atoms with Gasteiger partial charge in [0.1, 0.15) is 71.0 Å². The van der Waals surface area contributed by atoms with E-state index in [4.69, 9.17) is 19.2 Å². The number of hydrogen-bond acceptors (Lipinski definition) is 9. The molecule has 0 unspecified atom stereocenters. The van der Waals surface area contributed by atoms with E-state index in [9.17, 15) is 10.4 Å². The quantitative estimate of drug-likeness (QED) is 0.302. The van der Waals surface area contributed by atoms with Gasteiger partial charge in [0.05, 0.1) is 23.7 Å². The van der Waals surface area contributed by atoms with Gasteiger partial charge < -0.3 is 24.2 Å². The van der Waals surface area contributed by atoms with Crippen LogP contribution in [0.15, 0.2) is 55.0 Å². The Morgan fingerprint density at radius 1 is 1.00 bits per heavy atom. The summed E-state index contributed by atoms with van der Waals surface area (Å²) >= 11 is 0. The van der Waals surface area contributed by atoms with E-state index in [0.29, 0.717) is 23.0 Å². The molecule has 0 atom stereocenters. The number of hydrogen-bond donors (Lipinski definition) is 1. The summed E-state index contributed by atoms with van der Waals surface area (Å²) in [7, 11) is 5.98. The number of aromatic nitrogens is 4. The summed E-state index contributed by atoms with van der Waals surface area (Å²) < 4.78 is 19.6. The van der Waals surface area contributed by atoms with E-state index >= 15 is 0 Å². The van der Waals surface area contributed by atoms with Gasteiger partial charge in [-0.25, -0.2) is 15.0 Å². The van der Waals surface area contributed by atoms with E-state index in [1.165, 1.54) is 6.20 Å². The average molecular weight is 550 g/mol. The van der Waals surface area contributed by atoms with Crippen LogP contribution in [-0.4, -0.2) is 84.7 Å². The first-order valence-corrected chi connectivity index (χ1v) is 13.8. The molecule has 10 nitrogen and oxygen atoms in total. The van der Waals surface area contributed by atoms with Crippen molar-refractivity contribution < 1.29 is 19.3 Å². The Morgan fingerprint density at radius 3 is 2.39 bits per heavy atom. The number of anilines is 1. The zero-order valence-electron chi connectivity index (χ0n) is 24.2. The zero-order chi connectivity index (χ0) is 29.2. The number of piperidine rings is 1. The maximum atomic E-state index is 10.1. The van der Waals surface area contributed by atoms with Crippen molar-refractivity contribution in [1.82, 2.24) is 19.4 Å². The first-order chi connectivity index (χ1) is 19.5. The van der Waals surface area contributed by atoms with Crippen molar-refractivity contribution in [3.8, 4) is 34.7 Å². The molecule has 0 aliphatic carbocycles. The molecule has 0 amide bonds. The third-order valence-electron chi connectivity index (χ3n) is 6.52. The SMILES string of the molecule is BC(B)(B)Oc1ccc(OC2CCN(c3ccc(-c4cc(OCC(C)(C)O)cc5ncc(C#N)n45)cn3)CC2)cn1. The Kier molecular flexibility index (Phi) is 7.87. The summed E-state index contributed by atoms with van der Waals surface area (Å²) in [4.78, 5) is 15.7. The van der Waals surface area contributed by atoms with Gasteiger partial charge in [-0.2, -0.15) is 5.26 Å². The molecule has 0 saturated carbocycles. The van der Waals surface area contributed by atoms with Crippen molar-refractivity contribution in [2.75, 3.05) is 24.6 Å². The van der Waals surface area contributed by atoms with E-state index in [1.54, 1.807) is 36.7 Å². The zero-order valence-corrected chi connectivity index (χ0v) is 24.2. The molecule has 1 aliphatic heterocycles. The van der Waals surface area contributed by atoms with Gasteiger partial charge in [-0.1, -0.05) is 0 Å². The van der Waals surface area contributed by atoms with Crippen LogP contribution in [0.2, 0.25) is 0 Å². The van der Waals surface area contributed by atoms with Crippen LogP contribution in [0.1, 0.15) is 32.4 Å². The minimum Gasteiger partial charge on any atom is -0.499 e. The normalized spacial score (nSPS) is 14.5. The highest BCUT2D eigenvalue weighted by Crippen LogP contribution is 2.30. The number of rotatable bonds is 9. The number of ether oxygens (including phenoxy) is 3. The van der Waals surface area contributed by atoms with Crippen LogP contribution in [0.25, 0.3) is 16.9 Å². The number of nitrogens with zero attached hydrogens (tertiary/aromatic N) is 6. The van der Waals surface area contributed by atoms with Crippen molar-refractivity contribution in [3.63, 3.8) is 0 Å². The molecule has 0 bridgehead atoms. The highest BCUT2D eigenvalue weighted by molar-refractivity contribution is 6.58. The monoisotopic (exact) mass is 550 g/mol. The predicted molar refractivity (Wildman–Crippen MR) is 164 cm³/mol. The van der Waals surface area contributed by atoms with Crippen molar-refractivity contribution in [3.05, 3.63) is 60.7 Å². The largest absolute Gasteiger partial charge is 0.499 e. The number of imidazole rings is 1. The standard InChI is InChI=1S/C28H33B3N6O4/c1-27(2,38)17-39-22-11-23(37-19(13-32)15-34-25(37)12-22)18-3-5-24(33-14-18)36-9-7-20(8-10-36)40-21-4-6-26(35-16-21)41-28(29,30)31/h3-6,11-12,14-16,20,38H,7-10,17,29-31H2,1-2H3. The van der Waals surface area contributed by atoms with Crippen LogP contribution >= 0.6 is 0 Å². The van der Waals surface area contributed by atoms with Gasteiger partial charge >= 0.3 is 0 Å². The lowest BCUT2D eigenvalue weighted by atomic mass is 9.52. The Labute approximate surface area is 242 Å². The third kappa shape index (κ3) is 7.13. The number of pyridine rings is 3. The lowest BCUT2D eigenvalue weighted by Crippen LogP contribution is -2.38. The first kappa shape index (κ1) is 28.4. The van der Waals surface area contributed by atoms with Gasteiger partial charge in [-0.15, -0.1) is 0 Å². The first-order valence-electron chi connectivity index (χ1n) is 13.8. The third-order valence-corrected chi connectivity index (χ3v) is 6.52. The van der Waals surface area contributed by atoms with Gasteiger partial charge in [0.25, 0.3) is 0 Å². The summed E-state index contributed by atoms with van der Waals surface area (Å²) in [6.45, 7) is 5.13. The second kappa shape index (κ2) is 11.4. The second-order valence-corrected chi connectivity index (χ2v) is 11.9.